The van der Waals surface area contributed by atoms with Crippen LogP contribution in [0.2, 0.25) is 0 Å². The minimum Gasteiger partial charge on any atom is -0.327 e. The Labute approximate surface area is 62.9 Å². The van der Waals surface area contributed by atoms with Crippen LogP contribution in [-0.4, -0.2) is 6.54 Å². The van der Waals surface area contributed by atoms with E-state index in [2.05, 4.69) is 13.5 Å². The van der Waals surface area contributed by atoms with E-state index in [-0.39, 0.29) is 0 Å². The number of hydrogen-bond donors (Lipinski definition) is 1. The van der Waals surface area contributed by atoms with Crippen molar-refractivity contribution < 1.29 is 0 Å². The molecule has 1 heteroatoms. The molecule has 0 bridgehead atoms. The number of rotatable bonds is 4. The minimum atomic E-state index is 0.600. The Hall–Kier alpha value is -0.820. The molecule has 1 nitrogen and oxygen atoms in total. The second-order valence-corrected chi connectivity index (χ2v) is 2.03. The van der Waals surface area contributed by atoms with Crippen LogP contribution in [0.5, 0.6) is 0 Å². The first kappa shape index (κ1) is 9.18. The standard InChI is InChI=1S/C9H15N/c1-3-9(2)7-5-4-6-8-10/h4-7H,2-3,8,10H2,1H3/b6-4-,7-5-. The Kier molecular flexibility index (Phi) is 5.79. The zero-order valence-corrected chi connectivity index (χ0v) is 6.51. The van der Waals surface area contributed by atoms with Gasteiger partial charge in [0.05, 0.1) is 0 Å². The molecule has 0 aliphatic rings. The summed E-state index contributed by atoms with van der Waals surface area (Å²) in [7, 11) is 0. The fourth-order valence-electron chi connectivity index (χ4n) is 0.467. The molecule has 0 aromatic rings. The molecule has 0 aliphatic heterocycles. The highest BCUT2D eigenvalue weighted by Crippen LogP contribution is 1.97. The predicted octanol–water partition coefficient (Wildman–Crippen LogP) is 2.02. The highest BCUT2D eigenvalue weighted by atomic mass is 14.5. The normalized spacial score (nSPS) is 11.4. The zero-order valence-electron chi connectivity index (χ0n) is 6.51. The lowest BCUT2D eigenvalue weighted by Gasteiger charge is -1.87. The molecule has 2 N–H and O–H groups in total. The van der Waals surface area contributed by atoms with Crippen molar-refractivity contribution in [1.82, 2.24) is 0 Å². The van der Waals surface area contributed by atoms with Gasteiger partial charge in [0.1, 0.15) is 0 Å². The van der Waals surface area contributed by atoms with Crippen LogP contribution in [0.25, 0.3) is 0 Å². The van der Waals surface area contributed by atoms with Crippen molar-refractivity contribution in [1.29, 1.82) is 0 Å². The summed E-state index contributed by atoms with van der Waals surface area (Å²) in [6.07, 6.45) is 8.79. The van der Waals surface area contributed by atoms with Gasteiger partial charge in [0.15, 0.2) is 0 Å². The fraction of sp³-hybridized carbons (Fsp3) is 0.333. The van der Waals surface area contributed by atoms with E-state index >= 15 is 0 Å². The van der Waals surface area contributed by atoms with E-state index in [4.69, 9.17) is 5.73 Å². The molecule has 0 aliphatic carbocycles. The molecule has 0 saturated heterocycles. The molecule has 0 rings (SSSR count). The van der Waals surface area contributed by atoms with Crippen molar-refractivity contribution >= 4 is 0 Å². The van der Waals surface area contributed by atoms with Gasteiger partial charge in [0.25, 0.3) is 0 Å². The van der Waals surface area contributed by atoms with Crippen molar-refractivity contribution in [3.8, 4) is 0 Å². The Morgan fingerprint density at radius 3 is 2.70 bits per heavy atom. The van der Waals surface area contributed by atoms with E-state index in [0.29, 0.717) is 6.54 Å². The monoisotopic (exact) mass is 137 g/mol. The highest BCUT2D eigenvalue weighted by molar-refractivity contribution is 5.18. The van der Waals surface area contributed by atoms with Gasteiger partial charge in [-0.2, -0.15) is 0 Å². The minimum absolute atomic E-state index is 0.600. The number of hydrogen-bond acceptors (Lipinski definition) is 1. The molecule has 0 spiro atoms. The molecule has 0 aromatic heterocycles. The quantitative estimate of drug-likeness (QED) is 0.589. The van der Waals surface area contributed by atoms with Gasteiger partial charge in [-0.1, -0.05) is 43.4 Å². The third kappa shape index (κ3) is 5.32. The first-order chi connectivity index (χ1) is 4.81. The van der Waals surface area contributed by atoms with E-state index in [1.54, 1.807) is 0 Å². The lowest BCUT2D eigenvalue weighted by atomic mass is 10.2. The van der Waals surface area contributed by atoms with E-state index in [1.807, 2.05) is 24.3 Å². The fourth-order valence-corrected chi connectivity index (χ4v) is 0.467. The summed E-state index contributed by atoms with van der Waals surface area (Å²) in [6, 6.07) is 0. The summed E-state index contributed by atoms with van der Waals surface area (Å²) in [6.45, 7) is 6.50. The average Bonchev–Trinajstić information content (AvgIpc) is 1.98. The molecule has 0 radical (unpaired) electrons. The van der Waals surface area contributed by atoms with E-state index in [9.17, 15) is 0 Å². The molecule has 56 valence electrons. The van der Waals surface area contributed by atoms with Gasteiger partial charge in [-0.25, -0.2) is 0 Å². The van der Waals surface area contributed by atoms with Crippen LogP contribution in [0.1, 0.15) is 13.3 Å². The van der Waals surface area contributed by atoms with Gasteiger partial charge in [0.2, 0.25) is 0 Å². The number of nitrogens with two attached hydrogens (primary N) is 1. The van der Waals surface area contributed by atoms with Crippen LogP contribution in [0.15, 0.2) is 36.5 Å². The van der Waals surface area contributed by atoms with Crippen LogP contribution in [0.4, 0.5) is 0 Å². The third-order valence-corrected chi connectivity index (χ3v) is 1.17. The molecular weight excluding hydrogens is 122 g/mol. The third-order valence-electron chi connectivity index (χ3n) is 1.17. The smallest absolute Gasteiger partial charge is 0.0109 e. The molecule has 0 unspecified atom stereocenters. The Bertz CT molecular complexity index is 143. The van der Waals surface area contributed by atoms with Crippen LogP contribution in [-0.2, 0) is 0 Å². The van der Waals surface area contributed by atoms with E-state index in [1.165, 1.54) is 0 Å². The molecule has 0 saturated carbocycles. The maximum absolute atomic E-state index is 5.23. The first-order valence-corrected chi connectivity index (χ1v) is 3.52. The summed E-state index contributed by atoms with van der Waals surface area (Å²) in [5.74, 6) is 0. The molecule has 0 amide bonds. The van der Waals surface area contributed by atoms with Crippen LogP contribution >= 0.6 is 0 Å². The first-order valence-electron chi connectivity index (χ1n) is 3.52. The topological polar surface area (TPSA) is 26.0 Å². The highest BCUT2D eigenvalue weighted by Gasteiger charge is 1.76. The van der Waals surface area contributed by atoms with Gasteiger partial charge < -0.3 is 5.73 Å². The molecular formula is C9H15N. The lowest BCUT2D eigenvalue weighted by Crippen LogP contribution is -1.91. The summed E-state index contributed by atoms with van der Waals surface area (Å²) >= 11 is 0. The second-order valence-electron chi connectivity index (χ2n) is 2.03. The Balaban J connectivity index is 3.55. The molecule has 0 aromatic carbocycles. The van der Waals surface area contributed by atoms with Gasteiger partial charge in [0, 0.05) is 6.54 Å². The van der Waals surface area contributed by atoms with Crippen LogP contribution in [0, 0.1) is 0 Å². The number of allylic oxidation sites excluding steroid dienone is 4. The van der Waals surface area contributed by atoms with Gasteiger partial charge >= 0.3 is 0 Å². The van der Waals surface area contributed by atoms with Gasteiger partial charge in [-0.15, -0.1) is 0 Å². The maximum Gasteiger partial charge on any atom is 0.0109 e. The Morgan fingerprint density at radius 2 is 2.20 bits per heavy atom. The summed E-state index contributed by atoms with van der Waals surface area (Å²) in [4.78, 5) is 0. The van der Waals surface area contributed by atoms with E-state index < -0.39 is 0 Å². The van der Waals surface area contributed by atoms with Crippen LogP contribution < -0.4 is 5.73 Å². The van der Waals surface area contributed by atoms with Crippen LogP contribution in [0.3, 0.4) is 0 Å². The largest absolute Gasteiger partial charge is 0.327 e. The van der Waals surface area contributed by atoms with E-state index in [0.717, 1.165) is 12.0 Å². The van der Waals surface area contributed by atoms with Crippen molar-refractivity contribution in [2.75, 3.05) is 6.54 Å². The average molecular weight is 137 g/mol. The zero-order chi connectivity index (χ0) is 7.82. The molecule has 0 heterocycles. The second kappa shape index (κ2) is 6.30. The molecule has 0 fully saturated rings. The predicted molar refractivity (Wildman–Crippen MR) is 46.8 cm³/mol. The van der Waals surface area contributed by atoms with Crippen molar-refractivity contribution in [2.24, 2.45) is 5.73 Å². The van der Waals surface area contributed by atoms with Gasteiger partial charge in [-0.05, 0) is 6.42 Å². The summed E-state index contributed by atoms with van der Waals surface area (Å²) in [5, 5.41) is 0. The van der Waals surface area contributed by atoms with Crippen molar-refractivity contribution in [3.63, 3.8) is 0 Å². The van der Waals surface area contributed by atoms with Gasteiger partial charge in [-0.3, -0.25) is 0 Å². The van der Waals surface area contributed by atoms with Crippen molar-refractivity contribution in [2.45, 2.75) is 13.3 Å². The summed E-state index contributed by atoms with van der Waals surface area (Å²) < 4.78 is 0. The molecule has 0 atom stereocenters. The van der Waals surface area contributed by atoms with Crippen molar-refractivity contribution in [3.05, 3.63) is 36.5 Å². The Morgan fingerprint density at radius 1 is 1.50 bits per heavy atom. The molecule has 10 heavy (non-hydrogen) atoms. The lowest BCUT2D eigenvalue weighted by molar-refractivity contribution is 1.16. The SMILES string of the molecule is C=C(/C=C\C=C/CN)CC. The maximum atomic E-state index is 5.23. The summed E-state index contributed by atoms with van der Waals surface area (Å²) in [5.41, 5.74) is 6.38.